The lowest BCUT2D eigenvalue weighted by Gasteiger charge is -2.08. The first-order valence-electron chi connectivity index (χ1n) is 3.07. The van der Waals surface area contributed by atoms with Gasteiger partial charge in [0.1, 0.15) is 6.10 Å². The van der Waals surface area contributed by atoms with Gasteiger partial charge in [-0.1, -0.05) is 0 Å². The lowest BCUT2D eigenvalue weighted by atomic mass is 10.4. The molecule has 9 heavy (non-hydrogen) atoms. The third-order valence-electron chi connectivity index (χ3n) is 1.35. The van der Waals surface area contributed by atoms with Crippen LogP contribution in [0.4, 0.5) is 0 Å². The van der Waals surface area contributed by atoms with Crippen molar-refractivity contribution in [2.24, 2.45) is 0 Å². The van der Waals surface area contributed by atoms with E-state index in [0.717, 1.165) is 0 Å². The van der Waals surface area contributed by atoms with Gasteiger partial charge in [-0.3, -0.25) is 0 Å². The van der Waals surface area contributed by atoms with Crippen molar-refractivity contribution in [2.45, 2.75) is 32.5 Å². The molecule has 1 aliphatic rings. The molecular weight excluding hydrogens is 120 g/mol. The molecule has 0 aromatic heterocycles. The third kappa shape index (κ3) is 1.41. The van der Waals surface area contributed by atoms with Gasteiger partial charge in [0.2, 0.25) is 0 Å². The molecule has 1 rings (SSSR count). The zero-order valence-electron chi connectivity index (χ0n) is 5.96. The number of methoxy groups -OCH3 is 1. The van der Waals surface area contributed by atoms with Crippen LogP contribution in [0.25, 0.3) is 0 Å². The molecule has 3 unspecified atom stereocenters. The third-order valence-corrected chi connectivity index (χ3v) is 1.35. The molecule has 3 atom stereocenters. The van der Waals surface area contributed by atoms with E-state index < -0.39 is 0 Å². The second-order valence-corrected chi connectivity index (χ2v) is 2.15. The highest BCUT2D eigenvalue weighted by molar-refractivity contribution is 4.62. The van der Waals surface area contributed by atoms with Crippen molar-refractivity contribution in [1.29, 1.82) is 0 Å². The molecule has 0 saturated carbocycles. The summed E-state index contributed by atoms with van der Waals surface area (Å²) in [6, 6.07) is 0. The summed E-state index contributed by atoms with van der Waals surface area (Å²) in [6.45, 7) is 3.78. The summed E-state index contributed by atoms with van der Waals surface area (Å²) in [4.78, 5) is 0. The fourth-order valence-corrected chi connectivity index (χ4v) is 0.945. The Morgan fingerprint density at radius 2 is 1.89 bits per heavy atom. The topological polar surface area (TPSA) is 27.7 Å². The van der Waals surface area contributed by atoms with Gasteiger partial charge in [0.05, 0.1) is 0 Å². The van der Waals surface area contributed by atoms with E-state index >= 15 is 0 Å². The summed E-state index contributed by atoms with van der Waals surface area (Å²) in [5.74, 6) is 0. The van der Waals surface area contributed by atoms with Crippen LogP contribution in [0.3, 0.4) is 0 Å². The van der Waals surface area contributed by atoms with E-state index in [2.05, 4.69) is 0 Å². The zero-order chi connectivity index (χ0) is 6.85. The Bertz CT molecular complexity index is 94.3. The normalized spacial score (nSPS) is 43.7. The highest BCUT2D eigenvalue weighted by atomic mass is 16.8. The highest BCUT2D eigenvalue weighted by Gasteiger charge is 2.29. The van der Waals surface area contributed by atoms with E-state index in [1.807, 2.05) is 13.8 Å². The van der Waals surface area contributed by atoms with Crippen LogP contribution in [0.1, 0.15) is 13.8 Å². The Hall–Kier alpha value is -0.120. The van der Waals surface area contributed by atoms with Crippen molar-refractivity contribution in [3.8, 4) is 0 Å². The van der Waals surface area contributed by atoms with Crippen molar-refractivity contribution >= 4 is 0 Å². The van der Waals surface area contributed by atoms with Crippen molar-refractivity contribution < 1.29 is 14.2 Å². The molecule has 0 aromatic carbocycles. The molecule has 0 aromatic rings. The molecule has 54 valence electrons. The molecule has 1 heterocycles. The van der Waals surface area contributed by atoms with Gasteiger partial charge >= 0.3 is 0 Å². The highest BCUT2D eigenvalue weighted by Crippen LogP contribution is 2.17. The molecule has 3 heteroatoms. The molecule has 1 aliphatic heterocycles. The minimum atomic E-state index is -0.181. The average Bonchev–Trinajstić information content (AvgIpc) is 2.10. The van der Waals surface area contributed by atoms with Crippen molar-refractivity contribution in [3.63, 3.8) is 0 Å². The molecule has 1 fully saturated rings. The van der Waals surface area contributed by atoms with Crippen LogP contribution >= 0.6 is 0 Å². The van der Waals surface area contributed by atoms with Gasteiger partial charge in [-0.05, 0) is 13.8 Å². The molecule has 0 bridgehead atoms. The first-order chi connectivity index (χ1) is 4.24. The lowest BCUT2D eigenvalue weighted by molar-refractivity contribution is -0.123. The monoisotopic (exact) mass is 132 g/mol. The van der Waals surface area contributed by atoms with Gasteiger partial charge < -0.3 is 14.2 Å². The van der Waals surface area contributed by atoms with E-state index in [9.17, 15) is 0 Å². The van der Waals surface area contributed by atoms with E-state index in [-0.39, 0.29) is 18.7 Å². The summed E-state index contributed by atoms with van der Waals surface area (Å²) in [7, 11) is 1.61. The predicted molar refractivity (Wildman–Crippen MR) is 31.9 cm³/mol. The number of ether oxygens (including phenoxy) is 3. The van der Waals surface area contributed by atoms with Crippen LogP contribution < -0.4 is 0 Å². The molecular formula is C6H12O3. The molecule has 0 amide bonds. The van der Waals surface area contributed by atoms with Crippen LogP contribution in [-0.2, 0) is 14.2 Å². The van der Waals surface area contributed by atoms with E-state index in [0.29, 0.717) is 0 Å². The SMILES string of the molecule is COC1OC(C)OC1C. The smallest absolute Gasteiger partial charge is 0.186 e. The molecule has 3 nitrogen and oxygen atoms in total. The summed E-state index contributed by atoms with van der Waals surface area (Å²) < 4.78 is 15.3. The standard InChI is InChI=1S/C6H12O3/c1-4-6(7-3)9-5(2)8-4/h4-6H,1-3H3. The first-order valence-corrected chi connectivity index (χ1v) is 3.07. The average molecular weight is 132 g/mol. The quantitative estimate of drug-likeness (QED) is 0.526. The first kappa shape index (κ1) is 6.99. The van der Waals surface area contributed by atoms with Crippen LogP contribution in [-0.4, -0.2) is 25.8 Å². The van der Waals surface area contributed by atoms with Crippen LogP contribution in [0.2, 0.25) is 0 Å². The Morgan fingerprint density at radius 3 is 2.11 bits per heavy atom. The Kier molecular flexibility index (Phi) is 2.05. The van der Waals surface area contributed by atoms with Gasteiger partial charge in [0.15, 0.2) is 12.6 Å². The van der Waals surface area contributed by atoms with Gasteiger partial charge in [0, 0.05) is 7.11 Å². The van der Waals surface area contributed by atoms with E-state index in [4.69, 9.17) is 14.2 Å². The van der Waals surface area contributed by atoms with Crippen LogP contribution in [0.15, 0.2) is 0 Å². The minimum absolute atomic E-state index is 0.0602. The Labute approximate surface area is 54.9 Å². The van der Waals surface area contributed by atoms with Gasteiger partial charge in [-0.2, -0.15) is 0 Å². The predicted octanol–water partition coefficient (Wildman–Crippen LogP) is 0.740. The summed E-state index contributed by atoms with van der Waals surface area (Å²) in [5, 5.41) is 0. The molecule has 0 N–H and O–H groups in total. The second kappa shape index (κ2) is 2.64. The van der Waals surface area contributed by atoms with Crippen molar-refractivity contribution in [3.05, 3.63) is 0 Å². The summed E-state index contributed by atoms with van der Waals surface area (Å²) in [5.41, 5.74) is 0. The van der Waals surface area contributed by atoms with E-state index in [1.54, 1.807) is 7.11 Å². The molecule has 0 spiro atoms. The fourth-order valence-electron chi connectivity index (χ4n) is 0.945. The summed E-state index contributed by atoms with van der Waals surface area (Å²) in [6.07, 6.45) is -0.241. The summed E-state index contributed by atoms with van der Waals surface area (Å²) >= 11 is 0. The Morgan fingerprint density at radius 1 is 1.22 bits per heavy atom. The number of rotatable bonds is 1. The van der Waals surface area contributed by atoms with Crippen molar-refractivity contribution in [1.82, 2.24) is 0 Å². The van der Waals surface area contributed by atoms with Gasteiger partial charge in [-0.25, -0.2) is 0 Å². The maximum absolute atomic E-state index is 5.22. The fraction of sp³-hybridized carbons (Fsp3) is 1.00. The lowest BCUT2D eigenvalue weighted by Crippen LogP contribution is -2.20. The molecule has 1 saturated heterocycles. The van der Waals surface area contributed by atoms with Gasteiger partial charge in [0.25, 0.3) is 0 Å². The number of hydrogen-bond acceptors (Lipinski definition) is 3. The maximum atomic E-state index is 5.22. The van der Waals surface area contributed by atoms with Crippen LogP contribution in [0.5, 0.6) is 0 Å². The Balaban J connectivity index is 2.38. The second-order valence-electron chi connectivity index (χ2n) is 2.15. The van der Waals surface area contributed by atoms with E-state index in [1.165, 1.54) is 0 Å². The van der Waals surface area contributed by atoms with Gasteiger partial charge in [-0.15, -0.1) is 0 Å². The van der Waals surface area contributed by atoms with Crippen molar-refractivity contribution in [2.75, 3.05) is 7.11 Å². The van der Waals surface area contributed by atoms with Crippen LogP contribution in [0, 0.1) is 0 Å². The molecule has 0 radical (unpaired) electrons. The maximum Gasteiger partial charge on any atom is 0.186 e. The zero-order valence-corrected chi connectivity index (χ0v) is 5.96. The largest absolute Gasteiger partial charge is 0.353 e. The minimum Gasteiger partial charge on any atom is -0.353 e. The molecule has 0 aliphatic carbocycles. The number of hydrogen-bond donors (Lipinski definition) is 0.